The molecule has 7 heteroatoms. The molecule has 3 heterocycles. The summed E-state index contributed by atoms with van der Waals surface area (Å²) in [6, 6.07) is 12.6. The molecule has 0 fully saturated rings. The molecule has 0 spiro atoms. The number of thioether (sulfide) groups is 1. The van der Waals surface area contributed by atoms with Crippen LogP contribution < -0.4 is 0 Å². The summed E-state index contributed by atoms with van der Waals surface area (Å²) in [5.74, 6) is 1.68. The predicted molar refractivity (Wildman–Crippen MR) is 119 cm³/mol. The number of rotatable bonds is 4. The van der Waals surface area contributed by atoms with Crippen LogP contribution in [0.4, 0.5) is 0 Å². The molecule has 0 atom stereocenters. The molecule has 0 amide bonds. The van der Waals surface area contributed by atoms with E-state index < -0.39 is 0 Å². The summed E-state index contributed by atoms with van der Waals surface area (Å²) < 4.78 is 2.13. The molecule has 2 aromatic rings. The third-order valence-electron chi connectivity index (χ3n) is 4.86. The molecular formula is C21H22BrN5S. The first kappa shape index (κ1) is 20.4. The van der Waals surface area contributed by atoms with Crippen molar-refractivity contribution in [3.63, 3.8) is 0 Å². The second kappa shape index (κ2) is 9.26. The number of fused-ring (bicyclic) bond motifs is 1. The van der Waals surface area contributed by atoms with Crippen molar-refractivity contribution in [2.24, 2.45) is 0 Å². The van der Waals surface area contributed by atoms with Crippen LogP contribution in [-0.2, 0) is 13.0 Å². The molecule has 0 radical (unpaired) electrons. The Kier molecular flexibility index (Phi) is 6.76. The third kappa shape index (κ3) is 3.80. The van der Waals surface area contributed by atoms with Crippen molar-refractivity contribution < 1.29 is 0 Å². The van der Waals surface area contributed by atoms with E-state index in [1.807, 2.05) is 24.3 Å². The van der Waals surface area contributed by atoms with Crippen molar-refractivity contribution >= 4 is 40.0 Å². The van der Waals surface area contributed by atoms with Crippen LogP contribution in [0.2, 0.25) is 0 Å². The molecule has 28 heavy (non-hydrogen) atoms. The number of aromatic nitrogens is 3. The number of benzene rings is 1. The zero-order valence-corrected chi connectivity index (χ0v) is 18.1. The Morgan fingerprint density at radius 2 is 2.04 bits per heavy atom. The number of allylic oxidation sites excluding steroid dienone is 1. The molecule has 2 aliphatic rings. The lowest BCUT2D eigenvalue weighted by atomic mass is 10.1. The van der Waals surface area contributed by atoms with E-state index in [0.717, 1.165) is 47.9 Å². The van der Waals surface area contributed by atoms with Gasteiger partial charge in [0.25, 0.3) is 0 Å². The second-order valence-corrected chi connectivity index (χ2v) is 7.44. The molecule has 1 aromatic heterocycles. The third-order valence-corrected chi connectivity index (χ3v) is 5.85. The summed E-state index contributed by atoms with van der Waals surface area (Å²) >= 11 is 1.57. The Labute approximate surface area is 180 Å². The normalized spacial score (nSPS) is 17.7. The highest BCUT2D eigenvalue weighted by Gasteiger charge is 2.28. The first-order chi connectivity index (χ1) is 13.3. The minimum absolute atomic E-state index is 0. The number of aryl methyl sites for hydroxylation is 1. The van der Waals surface area contributed by atoms with Gasteiger partial charge in [0.1, 0.15) is 22.5 Å². The highest BCUT2D eigenvalue weighted by atomic mass is 79.9. The van der Waals surface area contributed by atoms with Crippen molar-refractivity contribution in [1.29, 1.82) is 5.26 Å². The first-order valence-corrected chi connectivity index (χ1v) is 10.1. The van der Waals surface area contributed by atoms with E-state index in [0.29, 0.717) is 17.9 Å². The van der Waals surface area contributed by atoms with Crippen molar-refractivity contribution in [3.8, 4) is 6.07 Å². The lowest BCUT2D eigenvalue weighted by Gasteiger charge is -2.23. The predicted octanol–water partition coefficient (Wildman–Crippen LogP) is 5.01. The topological polar surface area (TPSA) is 57.7 Å². The molecule has 0 N–H and O–H groups in total. The fraction of sp³-hybridized carbons (Fsp3) is 0.286. The Balaban J connectivity index is 0.00000225. The minimum Gasteiger partial charge on any atom is -0.330 e. The molecule has 0 saturated heterocycles. The average Bonchev–Trinajstić information content (AvgIpc) is 3.21. The van der Waals surface area contributed by atoms with E-state index in [1.54, 1.807) is 11.8 Å². The van der Waals surface area contributed by atoms with E-state index in [-0.39, 0.29) is 17.0 Å². The number of nitrogens with zero attached hydrogens (tertiary/aromatic N) is 5. The fourth-order valence-electron chi connectivity index (χ4n) is 3.55. The average molecular weight is 456 g/mol. The van der Waals surface area contributed by atoms with Crippen LogP contribution in [0, 0.1) is 11.3 Å². The van der Waals surface area contributed by atoms with Crippen LogP contribution in [0.5, 0.6) is 0 Å². The molecule has 0 saturated carbocycles. The molecule has 0 unspecified atom stereocenters. The van der Waals surface area contributed by atoms with E-state index in [2.05, 4.69) is 49.9 Å². The van der Waals surface area contributed by atoms with Crippen molar-refractivity contribution in [2.75, 3.05) is 6.54 Å². The van der Waals surface area contributed by atoms with Crippen LogP contribution in [0.15, 0.2) is 53.4 Å². The summed E-state index contributed by atoms with van der Waals surface area (Å²) in [6.45, 7) is 5.41. The number of hydrogen-bond donors (Lipinski definition) is 0. The molecular weight excluding hydrogens is 434 g/mol. The summed E-state index contributed by atoms with van der Waals surface area (Å²) in [4.78, 5) is 2.14. The summed E-state index contributed by atoms with van der Waals surface area (Å²) in [6.07, 6.45) is 6.22. The van der Waals surface area contributed by atoms with E-state index >= 15 is 0 Å². The van der Waals surface area contributed by atoms with Gasteiger partial charge in [0.05, 0.1) is 5.70 Å². The molecule has 2 aliphatic heterocycles. The summed E-state index contributed by atoms with van der Waals surface area (Å²) in [5, 5.41) is 21.8. The van der Waals surface area contributed by atoms with Gasteiger partial charge in [-0.1, -0.05) is 54.6 Å². The van der Waals surface area contributed by atoms with E-state index in [9.17, 15) is 5.26 Å². The maximum absolute atomic E-state index is 10.00. The molecule has 4 rings (SSSR count). The van der Waals surface area contributed by atoms with Gasteiger partial charge in [-0.05, 0) is 18.4 Å². The van der Waals surface area contributed by atoms with E-state index in [1.165, 1.54) is 6.42 Å². The molecule has 0 aliphatic carbocycles. The van der Waals surface area contributed by atoms with Crippen molar-refractivity contribution in [1.82, 2.24) is 19.7 Å². The molecule has 0 bridgehead atoms. The Bertz CT molecular complexity index is 955. The summed E-state index contributed by atoms with van der Waals surface area (Å²) in [7, 11) is 0. The van der Waals surface area contributed by atoms with Crippen LogP contribution in [0.1, 0.15) is 36.5 Å². The van der Waals surface area contributed by atoms with Gasteiger partial charge in [-0.15, -0.1) is 33.8 Å². The number of halogens is 1. The fourth-order valence-corrected chi connectivity index (χ4v) is 4.59. The van der Waals surface area contributed by atoms with Crippen LogP contribution in [0.25, 0.3) is 11.3 Å². The minimum atomic E-state index is 0. The summed E-state index contributed by atoms with van der Waals surface area (Å²) in [5.41, 5.74) is 2.79. The standard InChI is InChI=1S/C21H21N5S.BrH/c1-2-12-25-18(16-9-5-3-6-10-16)15-27-21(25)17(14-22)20-24-23-19-11-7-4-8-13-26(19)20;/h2-3,5-6,9-10,15H,1,4,7-8,11-13H2;1H/b21-17+;. The van der Waals surface area contributed by atoms with Gasteiger partial charge in [-0.2, -0.15) is 5.26 Å². The van der Waals surface area contributed by atoms with Crippen molar-refractivity contribution in [3.05, 3.63) is 70.6 Å². The zero-order valence-electron chi connectivity index (χ0n) is 15.5. The highest BCUT2D eigenvalue weighted by Crippen LogP contribution is 2.43. The second-order valence-electron chi connectivity index (χ2n) is 6.58. The number of nitriles is 1. The van der Waals surface area contributed by atoms with Gasteiger partial charge >= 0.3 is 0 Å². The van der Waals surface area contributed by atoms with E-state index in [4.69, 9.17) is 0 Å². The lowest BCUT2D eigenvalue weighted by Crippen LogP contribution is -2.18. The van der Waals surface area contributed by atoms with Gasteiger partial charge < -0.3 is 9.47 Å². The van der Waals surface area contributed by atoms with Gasteiger partial charge in [0.15, 0.2) is 5.82 Å². The number of hydrogen-bond acceptors (Lipinski definition) is 5. The van der Waals surface area contributed by atoms with Crippen LogP contribution in [-0.4, -0.2) is 26.2 Å². The molecule has 144 valence electrons. The SMILES string of the molecule is Br.C=CCN1C(c2ccccc2)=CS/C1=C(\C#N)c1nnc2n1CCCCC2. The Morgan fingerprint density at radius 3 is 2.79 bits per heavy atom. The molecule has 1 aromatic carbocycles. The largest absolute Gasteiger partial charge is 0.330 e. The Morgan fingerprint density at radius 1 is 1.21 bits per heavy atom. The smallest absolute Gasteiger partial charge is 0.177 e. The lowest BCUT2D eigenvalue weighted by molar-refractivity contribution is 0.586. The highest BCUT2D eigenvalue weighted by molar-refractivity contribution is 8.93. The van der Waals surface area contributed by atoms with Gasteiger partial charge in [0, 0.05) is 24.9 Å². The van der Waals surface area contributed by atoms with Gasteiger partial charge in [-0.25, -0.2) is 0 Å². The maximum atomic E-state index is 10.00. The zero-order chi connectivity index (χ0) is 18.6. The van der Waals surface area contributed by atoms with Crippen LogP contribution >= 0.6 is 28.7 Å². The van der Waals surface area contributed by atoms with Crippen LogP contribution in [0.3, 0.4) is 0 Å². The molecule has 5 nitrogen and oxygen atoms in total. The van der Waals surface area contributed by atoms with Gasteiger partial charge in [-0.3, -0.25) is 0 Å². The maximum Gasteiger partial charge on any atom is 0.177 e. The first-order valence-electron chi connectivity index (χ1n) is 9.21. The quantitative estimate of drug-likeness (QED) is 0.478. The van der Waals surface area contributed by atoms with Crippen molar-refractivity contribution in [2.45, 2.75) is 32.2 Å². The van der Waals surface area contributed by atoms with Gasteiger partial charge in [0.2, 0.25) is 0 Å². The Hall–Kier alpha value is -2.30. The monoisotopic (exact) mass is 455 g/mol.